The minimum Gasteiger partial charge on any atom is -0.431 e. The van der Waals surface area contributed by atoms with Crippen molar-refractivity contribution in [3.8, 4) is 10.9 Å². The van der Waals surface area contributed by atoms with E-state index in [0.29, 0.717) is 11.7 Å². The van der Waals surface area contributed by atoms with Gasteiger partial charge in [0, 0.05) is 6.54 Å². The van der Waals surface area contributed by atoms with Crippen LogP contribution in [-0.2, 0) is 6.54 Å². The average molecular weight is 299 g/mol. The second kappa shape index (κ2) is 4.95. The number of aromatic nitrogens is 1. The Balaban J connectivity index is 2.20. The molecule has 0 aliphatic heterocycles. The third-order valence-corrected chi connectivity index (χ3v) is 3.88. The Bertz CT molecular complexity index is 498. The summed E-state index contributed by atoms with van der Waals surface area (Å²) < 4.78 is 6.41. The monoisotopic (exact) mass is 298 g/mol. The summed E-state index contributed by atoms with van der Waals surface area (Å²) in [6, 6.07) is 7.86. The van der Waals surface area contributed by atoms with Crippen LogP contribution >= 0.6 is 27.3 Å². The van der Waals surface area contributed by atoms with E-state index in [0.717, 1.165) is 20.8 Å². The molecule has 0 aliphatic carbocycles. The Morgan fingerprint density at radius 3 is 2.94 bits per heavy atom. The number of benzene rings is 1. The first-order valence-corrected chi connectivity index (χ1v) is 6.40. The Morgan fingerprint density at radius 1 is 1.50 bits per heavy atom. The predicted octanol–water partition coefficient (Wildman–Crippen LogP) is 3.47. The lowest BCUT2D eigenvalue weighted by Crippen LogP contribution is -1.92. The van der Waals surface area contributed by atoms with Gasteiger partial charge < -0.3 is 10.5 Å². The molecule has 2 rings (SSSR count). The van der Waals surface area contributed by atoms with Gasteiger partial charge in [0.05, 0.1) is 4.88 Å². The van der Waals surface area contributed by atoms with Crippen LogP contribution in [0.5, 0.6) is 10.9 Å². The zero-order valence-electron chi connectivity index (χ0n) is 8.74. The molecule has 0 saturated heterocycles. The van der Waals surface area contributed by atoms with Crippen molar-refractivity contribution in [3.63, 3.8) is 0 Å². The minimum atomic E-state index is 0.468. The molecule has 1 aromatic carbocycles. The second-order valence-corrected chi connectivity index (χ2v) is 5.11. The van der Waals surface area contributed by atoms with E-state index in [4.69, 9.17) is 10.5 Å². The molecule has 0 atom stereocenters. The van der Waals surface area contributed by atoms with E-state index >= 15 is 0 Å². The van der Waals surface area contributed by atoms with Crippen molar-refractivity contribution in [1.82, 2.24) is 4.98 Å². The first-order chi connectivity index (χ1) is 7.69. The van der Waals surface area contributed by atoms with E-state index in [2.05, 4.69) is 20.9 Å². The summed E-state index contributed by atoms with van der Waals surface area (Å²) in [7, 11) is 0. The summed E-state index contributed by atoms with van der Waals surface area (Å²) in [6.45, 7) is 2.49. The largest absolute Gasteiger partial charge is 0.431 e. The number of halogens is 1. The zero-order valence-corrected chi connectivity index (χ0v) is 11.1. The van der Waals surface area contributed by atoms with Gasteiger partial charge in [-0.2, -0.15) is 4.98 Å². The van der Waals surface area contributed by atoms with Crippen molar-refractivity contribution in [2.45, 2.75) is 13.5 Å². The SMILES string of the molecule is Cc1cccc(Oc2nc(Br)c(CN)s2)c1. The van der Waals surface area contributed by atoms with E-state index in [9.17, 15) is 0 Å². The highest BCUT2D eigenvalue weighted by Crippen LogP contribution is 2.31. The second-order valence-electron chi connectivity index (χ2n) is 3.32. The maximum Gasteiger partial charge on any atom is 0.280 e. The fraction of sp³-hybridized carbons (Fsp3) is 0.182. The molecule has 16 heavy (non-hydrogen) atoms. The van der Waals surface area contributed by atoms with Gasteiger partial charge in [-0.3, -0.25) is 0 Å². The molecule has 0 saturated carbocycles. The molecule has 0 radical (unpaired) electrons. The van der Waals surface area contributed by atoms with Crippen LogP contribution in [0.4, 0.5) is 0 Å². The van der Waals surface area contributed by atoms with Gasteiger partial charge in [-0.1, -0.05) is 23.5 Å². The third kappa shape index (κ3) is 2.61. The molecular formula is C11H11BrN2OS. The van der Waals surface area contributed by atoms with E-state index in [-0.39, 0.29) is 0 Å². The molecule has 3 nitrogen and oxygen atoms in total. The average Bonchev–Trinajstić information content (AvgIpc) is 2.58. The molecular weight excluding hydrogens is 288 g/mol. The van der Waals surface area contributed by atoms with Crippen LogP contribution in [0.1, 0.15) is 10.4 Å². The van der Waals surface area contributed by atoms with Crippen LogP contribution in [0.3, 0.4) is 0 Å². The van der Waals surface area contributed by atoms with Gasteiger partial charge in [0.15, 0.2) is 0 Å². The summed E-state index contributed by atoms with van der Waals surface area (Å²) in [6.07, 6.45) is 0. The van der Waals surface area contributed by atoms with E-state index < -0.39 is 0 Å². The highest BCUT2D eigenvalue weighted by Gasteiger charge is 2.09. The Hall–Kier alpha value is -0.910. The summed E-state index contributed by atoms with van der Waals surface area (Å²) in [5.41, 5.74) is 6.73. The summed E-state index contributed by atoms with van der Waals surface area (Å²) in [4.78, 5) is 5.23. The van der Waals surface area contributed by atoms with Crippen molar-refractivity contribution in [2.24, 2.45) is 5.73 Å². The Labute approximate surface area is 106 Å². The van der Waals surface area contributed by atoms with Crippen LogP contribution in [0.25, 0.3) is 0 Å². The maximum absolute atomic E-state index is 5.64. The highest BCUT2D eigenvalue weighted by atomic mass is 79.9. The molecule has 5 heteroatoms. The molecule has 0 amide bonds. The molecule has 0 bridgehead atoms. The molecule has 0 unspecified atom stereocenters. The van der Waals surface area contributed by atoms with Gasteiger partial charge in [-0.15, -0.1) is 0 Å². The van der Waals surface area contributed by atoms with E-state index in [1.807, 2.05) is 31.2 Å². The van der Waals surface area contributed by atoms with Gasteiger partial charge in [0.2, 0.25) is 0 Å². The van der Waals surface area contributed by atoms with Crippen LogP contribution in [0, 0.1) is 6.92 Å². The lowest BCUT2D eigenvalue weighted by molar-refractivity contribution is 0.477. The third-order valence-electron chi connectivity index (χ3n) is 2.01. The van der Waals surface area contributed by atoms with Crippen LogP contribution in [0.2, 0.25) is 0 Å². The fourth-order valence-corrected chi connectivity index (χ4v) is 2.64. The topological polar surface area (TPSA) is 48.1 Å². The number of rotatable bonds is 3. The molecule has 1 heterocycles. The number of thiazole rings is 1. The number of nitrogens with zero attached hydrogens (tertiary/aromatic N) is 1. The van der Waals surface area contributed by atoms with Crippen molar-refractivity contribution in [3.05, 3.63) is 39.3 Å². The van der Waals surface area contributed by atoms with Gasteiger partial charge in [0.25, 0.3) is 5.19 Å². The zero-order chi connectivity index (χ0) is 11.5. The van der Waals surface area contributed by atoms with Crippen LogP contribution < -0.4 is 10.5 Å². The van der Waals surface area contributed by atoms with Crippen LogP contribution in [0.15, 0.2) is 28.9 Å². The first kappa shape index (κ1) is 11.6. The quantitative estimate of drug-likeness (QED) is 0.944. The highest BCUT2D eigenvalue weighted by molar-refractivity contribution is 9.10. The molecule has 1 aromatic heterocycles. The van der Waals surface area contributed by atoms with Crippen molar-refractivity contribution < 1.29 is 4.74 Å². The van der Waals surface area contributed by atoms with Gasteiger partial charge in [0.1, 0.15) is 10.4 Å². The molecule has 2 aromatic rings. The van der Waals surface area contributed by atoms with E-state index in [1.54, 1.807) is 0 Å². The molecule has 0 aliphatic rings. The van der Waals surface area contributed by atoms with Crippen molar-refractivity contribution in [1.29, 1.82) is 0 Å². The maximum atomic E-state index is 5.64. The number of hydrogen-bond donors (Lipinski definition) is 1. The molecule has 0 fully saturated rings. The number of nitrogens with two attached hydrogens (primary N) is 1. The lowest BCUT2D eigenvalue weighted by Gasteiger charge is -2.01. The predicted molar refractivity (Wildman–Crippen MR) is 69.0 cm³/mol. The first-order valence-electron chi connectivity index (χ1n) is 4.79. The van der Waals surface area contributed by atoms with Gasteiger partial charge in [-0.05, 0) is 40.5 Å². The number of ether oxygens (including phenoxy) is 1. The summed E-state index contributed by atoms with van der Waals surface area (Å²) in [5, 5.41) is 0.609. The van der Waals surface area contributed by atoms with Gasteiger partial charge >= 0.3 is 0 Å². The molecule has 84 valence electrons. The smallest absolute Gasteiger partial charge is 0.280 e. The molecule has 0 spiro atoms. The Morgan fingerprint density at radius 2 is 2.31 bits per heavy atom. The van der Waals surface area contributed by atoms with Crippen molar-refractivity contribution >= 4 is 27.3 Å². The Kier molecular flexibility index (Phi) is 3.58. The lowest BCUT2D eigenvalue weighted by atomic mass is 10.2. The minimum absolute atomic E-state index is 0.468. The van der Waals surface area contributed by atoms with E-state index in [1.165, 1.54) is 11.3 Å². The normalized spacial score (nSPS) is 10.4. The van der Waals surface area contributed by atoms with Crippen molar-refractivity contribution in [2.75, 3.05) is 0 Å². The number of hydrogen-bond acceptors (Lipinski definition) is 4. The summed E-state index contributed by atoms with van der Waals surface area (Å²) in [5.74, 6) is 0.796. The van der Waals surface area contributed by atoms with Crippen LogP contribution in [-0.4, -0.2) is 4.98 Å². The fourth-order valence-electron chi connectivity index (χ4n) is 1.26. The molecule has 2 N–H and O–H groups in total. The summed E-state index contributed by atoms with van der Waals surface area (Å²) >= 11 is 4.80. The standard InChI is InChI=1S/C11H11BrN2OS/c1-7-3-2-4-8(5-7)15-11-14-10(12)9(6-13)16-11/h2-5H,6,13H2,1H3. The van der Waals surface area contributed by atoms with Gasteiger partial charge in [-0.25, -0.2) is 0 Å². The number of aryl methyl sites for hydroxylation is 1.